The van der Waals surface area contributed by atoms with Crippen molar-refractivity contribution in [3.8, 4) is 5.75 Å². The molecule has 0 spiro atoms. The van der Waals surface area contributed by atoms with Crippen molar-refractivity contribution >= 4 is 10.0 Å². The smallest absolute Gasteiger partial charge is 0.244 e. The Bertz CT molecular complexity index is 533. The van der Waals surface area contributed by atoms with Gasteiger partial charge in [-0.15, -0.1) is 0 Å². The molecule has 1 fully saturated rings. The van der Waals surface area contributed by atoms with Crippen LogP contribution in [0.4, 0.5) is 0 Å². The molecule has 0 saturated heterocycles. The van der Waals surface area contributed by atoms with E-state index in [9.17, 15) is 8.42 Å². The van der Waals surface area contributed by atoms with Gasteiger partial charge in [0.2, 0.25) is 10.0 Å². The summed E-state index contributed by atoms with van der Waals surface area (Å²) < 4.78 is 32.3. The van der Waals surface area contributed by atoms with Crippen LogP contribution in [0.1, 0.15) is 38.2 Å². The fraction of sp³-hybridized carbons (Fsp3) is 0.538. The fourth-order valence-electron chi connectivity index (χ4n) is 1.75. The first-order chi connectivity index (χ1) is 8.44. The van der Waals surface area contributed by atoms with Gasteiger partial charge in [-0.05, 0) is 36.5 Å². The van der Waals surface area contributed by atoms with Gasteiger partial charge in [-0.3, -0.25) is 0 Å². The van der Waals surface area contributed by atoms with Crippen molar-refractivity contribution in [2.24, 2.45) is 0 Å². The van der Waals surface area contributed by atoms with E-state index < -0.39 is 10.0 Å². The van der Waals surface area contributed by atoms with Gasteiger partial charge in [0, 0.05) is 6.04 Å². The Morgan fingerprint density at radius 3 is 2.50 bits per heavy atom. The van der Waals surface area contributed by atoms with Crippen LogP contribution in [-0.2, 0) is 10.0 Å². The van der Waals surface area contributed by atoms with E-state index in [-0.39, 0.29) is 16.9 Å². The topological polar surface area (TPSA) is 55.4 Å². The van der Waals surface area contributed by atoms with E-state index in [1.165, 1.54) is 7.11 Å². The van der Waals surface area contributed by atoms with Crippen molar-refractivity contribution in [1.29, 1.82) is 0 Å². The maximum atomic E-state index is 12.2. The van der Waals surface area contributed by atoms with Crippen molar-refractivity contribution in [2.45, 2.75) is 43.5 Å². The molecular formula is C13H19NO3S. The number of hydrogen-bond donors (Lipinski definition) is 1. The molecule has 5 heteroatoms. The van der Waals surface area contributed by atoms with Crippen LogP contribution >= 0.6 is 0 Å². The normalized spacial score (nSPS) is 16.0. The lowest BCUT2D eigenvalue weighted by atomic mass is 10.0. The third-order valence-electron chi connectivity index (χ3n) is 3.04. The van der Waals surface area contributed by atoms with Crippen LogP contribution in [0, 0.1) is 0 Å². The SMILES string of the molecule is COc1ccc(C(C)C)cc1S(=O)(=O)NC1CC1. The van der Waals surface area contributed by atoms with Crippen LogP contribution in [0.3, 0.4) is 0 Å². The summed E-state index contributed by atoms with van der Waals surface area (Å²) in [7, 11) is -1.98. The van der Waals surface area contributed by atoms with Gasteiger partial charge in [0.25, 0.3) is 0 Å². The summed E-state index contributed by atoms with van der Waals surface area (Å²) in [4.78, 5) is 0.239. The number of hydrogen-bond acceptors (Lipinski definition) is 3. The Balaban J connectivity index is 2.42. The third kappa shape index (κ3) is 2.84. The van der Waals surface area contributed by atoms with Gasteiger partial charge in [-0.1, -0.05) is 19.9 Å². The van der Waals surface area contributed by atoms with Crippen LogP contribution in [0.5, 0.6) is 5.75 Å². The molecule has 2 rings (SSSR count). The standard InChI is InChI=1S/C13H19NO3S/c1-9(2)10-4-7-12(17-3)13(8-10)18(15,16)14-11-5-6-11/h4,7-9,11,14H,5-6H2,1-3H3. The van der Waals surface area contributed by atoms with E-state index >= 15 is 0 Å². The van der Waals surface area contributed by atoms with Gasteiger partial charge in [0.15, 0.2) is 0 Å². The molecule has 1 aliphatic carbocycles. The molecule has 0 heterocycles. The van der Waals surface area contributed by atoms with E-state index in [1.54, 1.807) is 12.1 Å². The minimum atomic E-state index is -3.47. The number of benzene rings is 1. The minimum Gasteiger partial charge on any atom is -0.495 e. The zero-order valence-corrected chi connectivity index (χ0v) is 11.8. The molecule has 4 nitrogen and oxygen atoms in total. The van der Waals surface area contributed by atoms with E-state index in [0.29, 0.717) is 5.75 Å². The molecule has 1 aromatic rings. The lowest BCUT2D eigenvalue weighted by Gasteiger charge is -2.13. The van der Waals surface area contributed by atoms with Crippen molar-refractivity contribution < 1.29 is 13.2 Å². The Hall–Kier alpha value is -1.07. The van der Waals surface area contributed by atoms with Crippen molar-refractivity contribution in [3.05, 3.63) is 23.8 Å². The quantitative estimate of drug-likeness (QED) is 0.892. The summed E-state index contributed by atoms with van der Waals surface area (Å²) in [5.41, 5.74) is 0.993. The molecule has 0 bridgehead atoms. The highest BCUT2D eigenvalue weighted by atomic mass is 32.2. The molecule has 0 aromatic heterocycles. The number of methoxy groups -OCH3 is 1. The number of sulfonamides is 1. The Labute approximate surface area is 108 Å². The Kier molecular flexibility index (Phi) is 3.64. The van der Waals surface area contributed by atoms with Gasteiger partial charge in [0.1, 0.15) is 10.6 Å². The maximum Gasteiger partial charge on any atom is 0.244 e. The van der Waals surface area contributed by atoms with Crippen molar-refractivity contribution in [2.75, 3.05) is 7.11 Å². The van der Waals surface area contributed by atoms with Crippen molar-refractivity contribution in [3.63, 3.8) is 0 Å². The molecule has 0 radical (unpaired) electrons. The molecular weight excluding hydrogens is 250 g/mol. The van der Waals surface area contributed by atoms with Crippen LogP contribution < -0.4 is 9.46 Å². The highest BCUT2D eigenvalue weighted by Gasteiger charge is 2.30. The van der Waals surface area contributed by atoms with E-state index in [1.807, 2.05) is 19.9 Å². The van der Waals surface area contributed by atoms with Crippen molar-refractivity contribution in [1.82, 2.24) is 4.72 Å². The first-order valence-corrected chi connectivity index (χ1v) is 7.62. The highest BCUT2D eigenvalue weighted by molar-refractivity contribution is 7.89. The van der Waals surface area contributed by atoms with Crippen LogP contribution in [0.2, 0.25) is 0 Å². The maximum absolute atomic E-state index is 12.2. The molecule has 0 amide bonds. The lowest BCUT2D eigenvalue weighted by Crippen LogP contribution is -2.26. The largest absolute Gasteiger partial charge is 0.495 e. The summed E-state index contributed by atoms with van der Waals surface area (Å²) in [6.07, 6.45) is 1.84. The molecule has 1 aliphatic rings. The number of nitrogens with one attached hydrogen (secondary N) is 1. The first-order valence-electron chi connectivity index (χ1n) is 6.14. The van der Waals surface area contributed by atoms with Gasteiger partial charge in [-0.2, -0.15) is 0 Å². The summed E-state index contributed by atoms with van der Waals surface area (Å²) in [5, 5.41) is 0. The molecule has 0 atom stereocenters. The van der Waals surface area contributed by atoms with Crippen LogP contribution in [0.25, 0.3) is 0 Å². The average Bonchev–Trinajstić information content (AvgIpc) is 3.11. The molecule has 18 heavy (non-hydrogen) atoms. The zero-order valence-electron chi connectivity index (χ0n) is 10.9. The van der Waals surface area contributed by atoms with E-state index in [2.05, 4.69) is 4.72 Å². The monoisotopic (exact) mass is 269 g/mol. The van der Waals surface area contributed by atoms with Gasteiger partial charge in [-0.25, -0.2) is 13.1 Å². The molecule has 0 aliphatic heterocycles. The highest BCUT2D eigenvalue weighted by Crippen LogP contribution is 2.30. The minimum absolute atomic E-state index is 0.0995. The van der Waals surface area contributed by atoms with Gasteiger partial charge in [0.05, 0.1) is 7.11 Å². The average molecular weight is 269 g/mol. The summed E-state index contributed by atoms with van der Waals surface area (Å²) in [6, 6.07) is 5.42. The number of ether oxygens (including phenoxy) is 1. The van der Waals surface area contributed by atoms with Gasteiger partial charge < -0.3 is 4.74 Å². The molecule has 0 unspecified atom stereocenters. The Morgan fingerprint density at radius 2 is 2.00 bits per heavy atom. The first kappa shape index (κ1) is 13.4. The lowest BCUT2D eigenvalue weighted by molar-refractivity contribution is 0.402. The van der Waals surface area contributed by atoms with Crippen LogP contribution in [-0.4, -0.2) is 21.6 Å². The molecule has 1 N–H and O–H groups in total. The van der Waals surface area contributed by atoms with Gasteiger partial charge >= 0.3 is 0 Å². The second-order valence-electron chi connectivity index (χ2n) is 4.96. The summed E-state index contributed by atoms with van der Waals surface area (Å²) in [6.45, 7) is 4.07. The van der Waals surface area contributed by atoms with E-state index in [0.717, 1.165) is 18.4 Å². The number of rotatable bonds is 5. The summed E-state index contributed by atoms with van der Waals surface area (Å²) >= 11 is 0. The second-order valence-corrected chi connectivity index (χ2v) is 6.64. The molecule has 1 saturated carbocycles. The molecule has 100 valence electrons. The zero-order chi connectivity index (χ0) is 13.3. The van der Waals surface area contributed by atoms with E-state index in [4.69, 9.17) is 4.74 Å². The predicted octanol–water partition coefficient (Wildman–Crippen LogP) is 2.26. The second kappa shape index (κ2) is 4.90. The Morgan fingerprint density at radius 1 is 1.33 bits per heavy atom. The third-order valence-corrected chi connectivity index (χ3v) is 4.58. The van der Waals surface area contributed by atoms with Crippen LogP contribution in [0.15, 0.2) is 23.1 Å². The molecule has 1 aromatic carbocycles. The fourth-order valence-corrected chi connectivity index (χ4v) is 3.26. The summed E-state index contributed by atoms with van der Waals surface area (Å²) in [5.74, 6) is 0.679. The predicted molar refractivity (Wildman–Crippen MR) is 70.4 cm³/mol.